The van der Waals surface area contributed by atoms with Gasteiger partial charge in [0.25, 0.3) is 0 Å². The van der Waals surface area contributed by atoms with E-state index in [1.54, 1.807) is 0 Å². The fourth-order valence-corrected chi connectivity index (χ4v) is 2.80. The predicted molar refractivity (Wildman–Crippen MR) is 75.2 cm³/mol. The Labute approximate surface area is 119 Å². The van der Waals surface area contributed by atoms with Crippen LogP contribution in [0.5, 0.6) is 0 Å². The molecule has 2 atom stereocenters. The second-order valence-corrected chi connectivity index (χ2v) is 5.26. The molecule has 1 aliphatic rings. The minimum absolute atomic E-state index is 0.0351. The number of carbonyl (C=O) groups is 1. The van der Waals surface area contributed by atoms with E-state index < -0.39 is 0 Å². The van der Waals surface area contributed by atoms with Crippen LogP contribution in [-0.4, -0.2) is 24.1 Å². The Morgan fingerprint density at radius 3 is 2.90 bits per heavy atom. The number of nitrogens with zero attached hydrogens (tertiary/aromatic N) is 2. The van der Waals surface area contributed by atoms with Gasteiger partial charge in [0.2, 0.25) is 0 Å². The Bertz CT molecular complexity index is 563. The Morgan fingerprint density at radius 1 is 1.50 bits per heavy atom. The first kappa shape index (κ1) is 14.3. The van der Waals surface area contributed by atoms with Crippen LogP contribution in [0, 0.1) is 31.1 Å². The number of pyridine rings is 1. The maximum Gasteiger partial charge on any atom is 0.308 e. The molecule has 0 bridgehead atoms. The van der Waals surface area contributed by atoms with Crippen molar-refractivity contribution in [1.29, 1.82) is 5.26 Å². The fraction of sp³-hybridized carbons (Fsp3) is 0.533. The molecule has 0 aromatic carbocycles. The van der Waals surface area contributed by atoms with Crippen molar-refractivity contribution in [3.63, 3.8) is 0 Å². The molecule has 2 rings (SSSR count). The Kier molecular flexibility index (Phi) is 4.23. The van der Waals surface area contributed by atoms with Gasteiger partial charge in [0.05, 0.1) is 30.0 Å². The van der Waals surface area contributed by atoms with Gasteiger partial charge in [-0.15, -0.1) is 0 Å². The lowest BCUT2D eigenvalue weighted by Gasteiger charge is -2.16. The summed E-state index contributed by atoms with van der Waals surface area (Å²) in [5, 5.41) is 12.6. The summed E-state index contributed by atoms with van der Waals surface area (Å²) in [7, 11) is 1.42. The van der Waals surface area contributed by atoms with Crippen LogP contribution in [0.15, 0.2) is 6.07 Å². The van der Waals surface area contributed by atoms with Gasteiger partial charge in [-0.2, -0.15) is 5.26 Å². The summed E-state index contributed by atoms with van der Waals surface area (Å²) in [5.41, 5.74) is 3.01. The van der Waals surface area contributed by atoms with Crippen molar-refractivity contribution in [1.82, 2.24) is 4.98 Å². The number of hydrogen-bond acceptors (Lipinski definition) is 5. The zero-order valence-electron chi connectivity index (χ0n) is 12.1. The molecule has 1 fully saturated rings. The topological polar surface area (TPSA) is 75.0 Å². The highest BCUT2D eigenvalue weighted by molar-refractivity contribution is 5.73. The Balaban J connectivity index is 2.12. The van der Waals surface area contributed by atoms with Crippen LogP contribution in [0.4, 0.5) is 5.69 Å². The van der Waals surface area contributed by atoms with E-state index in [0.29, 0.717) is 5.56 Å². The van der Waals surface area contributed by atoms with Crippen molar-refractivity contribution in [3.05, 3.63) is 23.0 Å². The van der Waals surface area contributed by atoms with Gasteiger partial charge in [-0.3, -0.25) is 9.78 Å². The maximum atomic E-state index is 11.5. The second kappa shape index (κ2) is 5.91. The van der Waals surface area contributed by atoms with Crippen molar-refractivity contribution in [2.24, 2.45) is 5.92 Å². The third-order valence-electron chi connectivity index (χ3n) is 3.77. The number of methoxy groups -OCH3 is 1. The molecule has 0 amide bonds. The predicted octanol–water partition coefficient (Wildman–Crippen LogP) is 2.32. The van der Waals surface area contributed by atoms with Crippen LogP contribution in [0.1, 0.15) is 36.2 Å². The summed E-state index contributed by atoms with van der Waals surface area (Å²) in [6, 6.07) is 4.28. The van der Waals surface area contributed by atoms with E-state index in [2.05, 4.69) is 16.4 Å². The SMILES string of the molecule is COC(=O)[C@H]1CC[C@@H](Nc2cc(C)nc(C)c2C#N)C1. The van der Waals surface area contributed by atoms with E-state index in [0.717, 1.165) is 36.3 Å². The molecule has 0 unspecified atom stereocenters. The molecule has 1 N–H and O–H groups in total. The average molecular weight is 273 g/mol. The van der Waals surface area contributed by atoms with Gasteiger partial charge in [0.15, 0.2) is 0 Å². The van der Waals surface area contributed by atoms with Gasteiger partial charge in [0, 0.05) is 11.7 Å². The number of anilines is 1. The smallest absolute Gasteiger partial charge is 0.308 e. The van der Waals surface area contributed by atoms with Crippen LogP contribution in [-0.2, 0) is 9.53 Å². The molecule has 1 heterocycles. The van der Waals surface area contributed by atoms with Crippen LogP contribution >= 0.6 is 0 Å². The van der Waals surface area contributed by atoms with Crippen molar-refractivity contribution in [3.8, 4) is 6.07 Å². The summed E-state index contributed by atoms with van der Waals surface area (Å²) < 4.78 is 4.79. The first-order chi connectivity index (χ1) is 9.55. The van der Waals surface area contributed by atoms with E-state index in [4.69, 9.17) is 4.74 Å². The fourth-order valence-electron chi connectivity index (χ4n) is 2.80. The van der Waals surface area contributed by atoms with Crippen molar-refractivity contribution >= 4 is 11.7 Å². The summed E-state index contributed by atoms with van der Waals surface area (Å²) in [4.78, 5) is 15.8. The van der Waals surface area contributed by atoms with Gasteiger partial charge in [0.1, 0.15) is 6.07 Å². The number of nitriles is 1. The zero-order chi connectivity index (χ0) is 14.7. The van der Waals surface area contributed by atoms with Gasteiger partial charge >= 0.3 is 5.97 Å². The molecule has 0 saturated heterocycles. The number of aryl methyl sites for hydroxylation is 2. The first-order valence-corrected chi connectivity index (χ1v) is 6.78. The van der Waals surface area contributed by atoms with Crippen LogP contribution in [0.25, 0.3) is 0 Å². The molecule has 1 aromatic heterocycles. The summed E-state index contributed by atoms with van der Waals surface area (Å²) >= 11 is 0. The van der Waals surface area contributed by atoms with E-state index in [9.17, 15) is 10.1 Å². The van der Waals surface area contributed by atoms with Gasteiger partial charge in [-0.1, -0.05) is 0 Å². The molecule has 0 aliphatic heterocycles. The molecule has 5 heteroatoms. The first-order valence-electron chi connectivity index (χ1n) is 6.78. The van der Waals surface area contributed by atoms with Crippen LogP contribution in [0.3, 0.4) is 0 Å². The molecule has 1 saturated carbocycles. The number of esters is 1. The largest absolute Gasteiger partial charge is 0.469 e. The molecule has 1 aliphatic carbocycles. The monoisotopic (exact) mass is 273 g/mol. The van der Waals surface area contributed by atoms with Gasteiger partial charge in [-0.25, -0.2) is 0 Å². The minimum Gasteiger partial charge on any atom is -0.469 e. The van der Waals surface area contributed by atoms with E-state index in [1.165, 1.54) is 7.11 Å². The number of rotatable bonds is 3. The molecular weight excluding hydrogens is 254 g/mol. The molecule has 0 spiro atoms. The number of hydrogen-bond donors (Lipinski definition) is 1. The molecule has 1 aromatic rings. The normalized spacial score (nSPS) is 21.3. The van der Waals surface area contributed by atoms with E-state index >= 15 is 0 Å². The van der Waals surface area contributed by atoms with E-state index in [1.807, 2.05) is 19.9 Å². The number of carbonyl (C=O) groups excluding carboxylic acids is 1. The van der Waals surface area contributed by atoms with E-state index in [-0.39, 0.29) is 17.9 Å². The highest BCUT2D eigenvalue weighted by atomic mass is 16.5. The second-order valence-electron chi connectivity index (χ2n) is 5.26. The van der Waals surface area contributed by atoms with Crippen molar-refractivity contribution in [2.45, 2.75) is 39.2 Å². The molecule has 0 radical (unpaired) electrons. The lowest BCUT2D eigenvalue weighted by atomic mass is 10.1. The number of nitrogens with one attached hydrogen (secondary N) is 1. The Morgan fingerprint density at radius 2 is 2.25 bits per heavy atom. The highest BCUT2D eigenvalue weighted by Gasteiger charge is 2.31. The van der Waals surface area contributed by atoms with Crippen molar-refractivity contribution < 1.29 is 9.53 Å². The summed E-state index contributed by atoms with van der Waals surface area (Å²) in [6.45, 7) is 3.74. The summed E-state index contributed by atoms with van der Waals surface area (Å²) in [5.74, 6) is -0.177. The molecule has 106 valence electrons. The van der Waals surface area contributed by atoms with Crippen LogP contribution in [0.2, 0.25) is 0 Å². The molecule has 20 heavy (non-hydrogen) atoms. The molecular formula is C15H19N3O2. The Hall–Kier alpha value is -2.09. The van der Waals surface area contributed by atoms with Gasteiger partial charge in [-0.05, 0) is 39.2 Å². The lowest BCUT2D eigenvalue weighted by molar-refractivity contribution is -0.145. The molecule has 5 nitrogen and oxygen atoms in total. The van der Waals surface area contributed by atoms with Gasteiger partial charge < -0.3 is 10.1 Å². The van der Waals surface area contributed by atoms with Crippen LogP contribution < -0.4 is 5.32 Å². The minimum atomic E-state index is -0.142. The zero-order valence-corrected chi connectivity index (χ0v) is 12.1. The lowest BCUT2D eigenvalue weighted by Crippen LogP contribution is -2.19. The standard InChI is InChI=1S/C15H19N3O2/c1-9-6-14(13(8-16)10(2)17-9)18-12-5-4-11(7-12)15(19)20-3/h6,11-12H,4-5,7H2,1-3H3,(H,17,18)/t11-,12+/m0/s1. The number of aromatic nitrogens is 1. The number of ether oxygens (including phenoxy) is 1. The summed E-state index contributed by atoms with van der Waals surface area (Å²) in [6.07, 6.45) is 2.48. The maximum absolute atomic E-state index is 11.5. The highest BCUT2D eigenvalue weighted by Crippen LogP contribution is 2.30. The quantitative estimate of drug-likeness (QED) is 0.855. The average Bonchev–Trinajstić information content (AvgIpc) is 2.86. The third kappa shape index (κ3) is 2.90. The third-order valence-corrected chi connectivity index (χ3v) is 3.77. The van der Waals surface area contributed by atoms with Crippen molar-refractivity contribution in [2.75, 3.05) is 12.4 Å².